The Hall–Kier alpha value is -4.05. The Labute approximate surface area is 225 Å². The third-order valence-electron chi connectivity index (χ3n) is 7.67. The van der Waals surface area contributed by atoms with Crippen molar-refractivity contribution in [1.82, 2.24) is 9.47 Å². The molecule has 2 aliphatic rings. The molecule has 1 unspecified atom stereocenters. The molecule has 4 heterocycles. The zero-order chi connectivity index (χ0) is 27.7. The number of nitrogens with zero attached hydrogens (tertiary/aromatic N) is 2. The van der Waals surface area contributed by atoms with Gasteiger partial charge in [0, 0.05) is 55.0 Å². The first-order chi connectivity index (χ1) is 18.8. The molecular formula is C29H32N2O8. The van der Waals surface area contributed by atoms with Crippen molar-refractivity contribution in [3.63, 3.8) is 0 Å². The lowest BCUT2D eigenvalue weighted by atomic mass is 9.83. The van der Waals surface area contributed by atoms with E-state index in [0.29, 0.717) is 48.4 Å². The van der Waals surface area contributed by atoms with Crippen LogP contribution in [0.3, 0.4) is 0 Å². The number of esters is 1. The van der Waals surface area contributed by atoms with E-state index in [4.69, 9.17) is 18.6 Å². The van der Waals surface area contributed by atoms with Crippen LogP contribution in [0.4, 0.5) is 0 Å². The van der Waals surface area contributed by atoms with Gasteiger partial charge >= 0.3 is 5.97 Å². The highest BCUT2D eigenvalue weighted by Crippen LogP contribution is 2.40. The summed E-state index contributed by atoms with van der Waals surface area (Å²) >= 11 is 0. The zero-order valence-corrected chi connectivity index (χ0v) is 22.2. The van der Waals surface area contributed by atoms with Gasteiger partial charge in [0.15, 0.2) is 5.76 Å². The SMILES string of the molecule is COC(=O)CC(c1ccc(OC)cc1OC)c1oc(CN2C[C@H]3C[C@@H](C2)c2cccc(=O)n2C3)cc(=O)c1O. The molecule has 1 saturated heterocycles. The molecule has 1 N–H and O–H groups in total. The summed E-state index contributed by atoms with van der Waals surface area (Å²) in [5.41, 5.74) is 0.994. The van der Waals surface area contributed by atoms with Gasteiger partial charge in [0.25, 0.3) is 5.56 Å². The normalized spacial score (nSPS) is 19.2. The van der Waals surface area contributed by atoms with Gasteiger partial charge in [-0.25, -0.2) is 0 Å². The smallest absolute Gasteiger partial charge is 0.306 e. The number of likely N-dealkylation sites (tertiary alicyclic amines) is 1. The van der Waals surface area contributed by atoms with Crippen LogP contribution >= 0.6 is 0 Å². The quantitative estimate of drug-likeness (QED) is 0.433. The minimum Gasteiger partial charge on any atom is -0.502 e. The Bertz CT molecular complexity index is 1490. The van der Waals surface area contributed by atoms with E-state index in [2.05, 4.69) is 4.90 Å². The van der Waals surface area contributed by atoms with Crippen LogP contribution < -0.4 is 20.5 Å². The largest absolute Gasteiger partial charge is 0.502 e. The lowest BCUT2D eigenvalue weighted by Gasteiger charge is -2.42. The molecule has 39 heavy (non-hydrogen) atoms. The van der Waals surface area contributed by atoms with E-state index in [-0.39, 0.29) is 23.7 Å². The molecule has 0 aliphatic carbocycles. The van der Waals surface area contributed by atoms with Crippen LogP contribution in [0.15, 0.2) is 56.5 Å². The fourth-order valence-corrected chi connectivity index (χ4v) is 5.91. The topological polar surface area (TPSA) is 120 Å². The van der Waals surface area contributed by atoms with E-state index in [1.165, 1.54) is 27.4 Å². The van der Waals surface area contributed by atoms with Gasteiger partial charge in [-0.2, -0.15) is 0 Å². The standard InChI is InChI=1S/C29H32N2O8/c1-36-19-7-8-21(25(11-19)37-2)22(12-27(34)38-3)29-28(35)24(32)10-20(39-29)16-30-13-17-9-18(15-30)23-5-4-6-26(33)31(23)14-17/h4-8,10-11,17-18,22,35H,9,12-16H2,1-3H3/t17-,18+,22?/m1/s1. The number of pyridine rings is 1. The van der Waals surface area contributed by atoms with E-state index in [0.717, 1.165) is 18.7 Å². The molecular weight excluding hydrogens is 504 g/mol. The summed E-state index contributed by atoms with van der Waals surface area (Å²) in [5, 5.41) is 10.8. The van der Waals surface area contributed by atoms with E-state index in [9.17, 15) is 19.5 Å². The fraction of sp³-hybridized carbons (Fsp3) is 0.414. The highest BCUT2D eigenvalue weighted by Gasteiger charge is 2.35. The molecule has 10 heteroatoms. The molecule has 0 spiro atoms. The first-order valence-electron chi connectivity index (χ1n) is 12.9. The Morgan fingerprint density at radius 3 is 2.64 bits per heavy atom. The predicted molar refractivity (Wildman–Crippen MR) is 141 cm³/mol. The van der Waals surface area contributed by atoms with Crippen molar-refractivity contribution in [2.45, 2.75) is 37.8 Å². The number of carbonyl (C=O) groups excluding carboxylic acids is 1. The maximum atomic E-state index is 12.9. The molecule has 0 radical (unpaired) electrons. The third kappa shape index (κ3) is 5.29. The molecule has 0 amide bonds. The number of piperidine rings is 1. The van der Waals surface area contributed by atoms with Gasteiger partial charge in [-0.05, 0) is 24.5 Å². The summed E-state index contributed by atoms with van der Waals surface area (Å²) in [6.45, 7) is 2.45. The Morgan fingerprint density at radius 2 is 1.90 bits per heavy atom. The molecule has 2 bridgehead atoms. The predicted octanol–water partition coefficient (Wildman–Crippen LogP) is 2.84. The molecule has 1 fully saturated rings. The number of methoxy groups -OCH3 is 3. The summed E-state index contributed by atoms with van der Waals surface area (Å²) in [4.78, 5) is 39.9. The van der Waals surface area contributed by atoms with Gasteiger partial charge < -0.3 is 28.3 Å². The highest BCUT2D eigenvalue weighted by molar-refractivity contribution is 5.71. The minimum absolute atomic E-state index is 0.0235. The summed E-state index contributed by atoms with van der Waals surface area (Å²) in [7, 11) is 4.29. The number of carbonyl (C=O) groups is 1. The van der Waals surface area contributed by atoms with Crippen LogP contribution in [0.25, 0.3) is 0 Å². The molecule has 5 rings (SSSR count). The van der Waals surface area contributed by atoms with Crippen molar-refractivity contribution in [1.29, 1.82) is 0 Å². The van der Waals surface area contributed by atoms with Gasteiger partial charge in [-0.1, -0.05) is 12.1 Å². The van der Waals surface area contributed by atoms with E-state index >= 15 is 0 Å². The minimum atomic E-state index is -0.842. The molecule has 0 saturated carbocycles. The van der Waals surface area contributed by atoms with Crippen molar-refractivity contribution >= 4 is 5.97 Å². The second-order valence-electron chi connectivity index (χ2n) is 10.1. The average Bonchev–Trinajstić information content (AvgIpc) is 2.93. The molecule has 2 aromatic heterocycles. The molecule has 206 valence electrons. The van der Waals surface area contributed by atoms with E-state index in [1.54, 1.807) is 30.3 Å². The highest BCUT2D eigenvalue weighted by atomic mass is 16.5. The Balaban J connectivity index is 1.48. The van der Waals surface area contributed by atoms with Crippen molar-refractivity contribution < 1.29 is 28.5 Å². The lowest BCUT2D eigenvalue weighted by molar-refractivity contribution is -0.140. The van der Waals surface area contributed by atoms with Gasteiger partial charge in [-0.15, -0.1) is 0 Å². The summed E-state index contributed by atoms with van der Waals surface area (Å²) in [5.74, 6) is -0.135. The van der Waals surface area contributed by atoms with Gasteiger partial charge in [0.05, 0.1) is 40.2 Å². The Morgan fingerprint density at radius 1 is 1.08 bits per heavy atom. The number of aromatic hydroxyl groups is 1. The molecule has 2 aliphatic heterocycles. The maximum absolute atomic E-state index is 12.9. The number of ether oxygens (including phenoxy) is 3. The maximum Gasteiger partial charge on any atom is 0.306 e. The lowest BCUT2D eigenvalue weighted by Crippen LogP contribution is -2.46. The molecule has 10 nitrogen and oxygen atoms in total. The second-order valence-corrected chi connectivity index (χ2v) is 10.1. The molecule has 3 atom stereocenters. The van der Waals surface area contributed by atoms with Crippen LogP contribution in [0.5, 0.6) is 17.2 Å². The van der Waals surface area contributed by atoms with Crippen molar-refractivity contribution in [2.75, 3.05) is 34.4 Å². The number of hydrogen-bond donors (Lipinski definition) is 1. The van der Waals surface area contributed by atoms with Crippen LogP contribution in [-0.2, 0) is 22.6 Å². The third-order valence-corrected chi connectivity index (χ3v) is 7.67. The Kier molecular flexibility index (Phi) is 7.47. The van der Waals surface area contributed by atoms with Crippen LogP contribution in [-0.4, -0.2) is 55.0 Å². The van der Waals surface area contributed by atoms with Crippen LogP contribution in [0, 0.1) is 5.92 Å². The molecule has 1 aromatic carbocycles. The number of fused-ring (bicyclic) bond motifs is 4. The van der Waals surface area contributed by atoms with Crippen molar-refractivity contribution in [2.24, 2.45) is 5.92 Å². The number of rotatable bonds is 8. The van der Waals surface area contributed by atoms with Gasteiger partial charge in [0.1, 0.15) is 17.3 Å². The fourth-order valence-electron chi connectivity index (χ4n) is 5.91. The van der Waals surface area contributed by atoms with Gasteiger partial charge in [0.2, 0.25) is 11.2 Å². The van der Waals surface area contributed by atoms with E-state index < -0.39 is 23.1 Å². The number of benzene rings is 1. The van der Waals surface area contributed by atoms with Crippen molar-refractivity contribution in [3.8, 4) is 17.2 Å². The average molecular weight is 537 g/mol. The second kappa shape index (κ2) is 11.0. The molecule has 3 aromatic rings. The first kappa shape index (κ1) is 26.6. The number of hydrogen-bond acceptors (Lipinski definition) is 9. The van der Waals surface area contributed by atoms with Crippen LogP contribution in [0.1, 0.15) is 47.5 Å². The van der Waals surface area contributed by atoms with Crippen LogP contribution in [0.2, 0.25) is 0 Å². The summed E-state index contributed by atoms with van der Waals surface area (Å²) < 4.78 is 23.8. The monoisotopic (exact) mass is 536 g/mol. The van der Waals surface area contributed by atoms with Gasteiger partial charge in [-0.3, -0.25) is 19.3 Å². The number of aromatic nitrogens is 1. The first-order valence-corrected chi connectivity index (χ1v) is 12.9. The van der Waals surface area contributed by atoms with E-state index in [1.807, 2.05) is 10.6 Å². The van der Waals surface area contributed by atoms with Crippen molar-refractivity contribution in [3.05, 3.63) is 85.8 Å². The summed E-state index contributed by atoms with van der Waals surface area (Å²) in [6, 6.07) is 11.8. The summed E-state index contributed by atoms with van der Waals surface area (Å²) in [6.07, 6.45) is 0.821. The zero-order valence-electron chi connectivity index (χ0n) is 22.2.